The van der Waals surface area contributed by atoms with Gasteiger partial charge in [0.1, 0.15) is 0 Å². The Hall–Kier alpha value is 0.480. The van der Waals surface area contributed by atoms with Crippen molar-refractivity contribution in [2.75, 3.05) is 0 Å². The van der Waals surface area contributed by atoms with Gasteiger partial charge in [-0.15, -0.1) is 0 Å². The fraction of sp³-hybridized carbons (Fsp3) is 0.909. The molecule has 0 aliphatic heterocycles. The first-order chi connectivity index (χ1) is 5.77. The Morgan fingerprint density at radius 3 is 2.00 bits per heavy atom. The average molecular weight is 234 g/mol. The summed E-state index contributed by atoms with van der Waals surface area (Å²) < 4.78 is 0. The molecule has 0 N–H and O–H groups in total. The largest absolute Gasteiger partial charge is 0.0891 e. The minimum Gasteiger partial charge on any atom is -0.0891 e. The third kappa shape index (κ3) is 10.5. The zero-order chi connectivity index (χ0) is 9.23. The van der Waals surface area contributed by atoms with Gasteiger partial charge in [-0.1, -0.05) is 67.8 Å². The van der Waals surface area contributed by atoms with Crippen LogP contribution in [0.5, 0.6) is 0 Å². The molecule has 73 valence electrons. The Morgan fingerprint density at radius 1 is 1.00 bits per heavy atom. The van der Waals surface area contributed by atoms with E-state index in [1.54, 1.807) is 0 Å². The van der Waals surface area contributed by atoms with Crippen molar-refractivity contribution in [1.29, 1.82) is 0 Å². The van der Waals surface area contributed by atoms with Crippen LogP contribution < -0.4 is 0 Å². The summed E-state index contributed by atoms with van der Waals surface area (Å²) in [5, 5.41) is 0. The Morgan fingerprint density at radius 2 is 1.50 bits per heavy atom. The molecule has 0 aliphatic rings. The predicted molar refractivity (Wildman–Crippen MR) is 60.7 cm³/mol. The molecule has 0 bridgehead atoms. The maximum Gasteiger partial charge on any atom is 0.0146 e. The van der Waals surface area contributed by atoms with Gasteiger partial charge in [-0.05, 0) is 13.3 Å². The number of rotatable bonds is 8. The molecule has 0 saturated carbocycles. The molecule has 0 spiro atoms. The number of alkyl halides is 1. The van der Waals surface area contributed by atoms with Gasteiger partial charge in [-0.3, -0.25) is 0 Å². The molecule has 0 rings (SSSR count). The quantitative estimate of drug-likeness (QED) is 0.421. The summed E-state index contributed by atoms with van der Waals surface area (Å²) in [6, 6.07) is 0. The number of hydrogen-bond acceptors (Lipinski definition) is 0. The molecule has 0 aromatic heterocycles. The normalized spacial score (nSPS) is 13.2. The molecule has 0 nitrogen and oxygen atoms in total. The fourth-order valence-corrected chi connectivity index (χ4v) is 1.65. The van der Waals surface area contributed by atoms with Crippen molar-refractivity contribution in [1.82, 2.24) is 0 Å². The van der Waals surface area contributed by atoms with Gasteiger partial charge in [0.15, 0.2) is 0 Å². The molecule has 1 atom stereocenters. The molecular formula is C11H22Br. The third-order valence-electron chi connectivity index (χ3n) is 2.12. The van der Waals surface area contributed by atoms with Crippen LogP contribution in [-0.2, 0) is 0 Å². The molecular weight excluding hydrogens is 212 g/mol. The maximum absolute atomic E-state index is 3.90. The average Bonchev–Trinajstić information content (AvgIpc) is 2.02. The lowest BCUT2D eigenvalue weighted by atomic mass is 10.1. The predicted octanol–water partition coefficient (Wildman–Crippen LogP) is 4.72. The Bertz CT molecular complexity index is 79.1. The lowest BCUT2D eigenvalue weighted by molar-refractivity contribution is 0.580. The van der Waals surface area contributed by atoms with Crippen molar-refractivity contribution in [2.24, 2.45) is 0 Å². The molecule has 0 amide bonds. The van der Waals surface area contributed by atoms with Crippen molar-refractivity contribution < 1.29 is 0 Å². The molecule has 1 heteroatoms. The molecule has 0 aromatic rings. The van der Waals surface area contributed by atoms with E-state index in [0.29, 0.717) is 4.83 Å². The van der Waals surface area contributed by atoms with E-state index in [1.807, 2.05) is 0 Å². The van der Waals surface area contributed by atoms with E-state index in [-0.39, 0.29) is 0 Å². The summed E-state index contributed by atoms with van der Waals surface area (Å²) in [4.78, 5) is 0.466. The highest BCUT2D eigenvalue weighted by molar-refractivity contribution is 9.09. The Balaban J connectivity index is 2.82. The molecule has 0 fully saturated rings. The summed E-state index contributed by atoms with van der Waals surface area (Å²) >= 11 is 3.46. The number of unbranched alkanes of at least 4 members (excludes halogenated alkanes) is 6. The lowest BCUT2D eigenvalue weighted by Gasteiger charge is -2.02. The molecule has 0 aliphatic carbocycles. The smallest absolute Gasteiger partial charge is 0.0146 e. The van der Waals surface area contributed by atoms with Crippen molar-refractivity contribution in [3.8, 4) is 0 Å². The minimum atomic E-state index is 0.466. The monoisotopic (exact) mass is 233 g/mol. The highest BCUT2D eigenvalue weighted by Gasteiger charge is 1.95. The molecule has 1 unspecified atom stereocenters. The topological polar surface area (TPSA) is 0 Å². The van der Waals surface area contributed by atoms with Crippen molar-refractivity contribution in [2.45, 2.75) is 63.1 Å². The fourth-order valence-electron chi connectivity index (χ4n) is 1.32. The van der Waals surface area contributed by atoms with Crippen LogP contribution >= 0.6 is 15.9 Å². The molecule has 1 radical (unpaired) electrons. The standard InChI is InChI=1S/C11H22Br/c1-3-4-5-6-7-8-9-10-11(2)12/h11H,2-10H2,1H3. The van der Waals surface area contributed by atoms with Gasteiger partial charge in [0.2, 0.25) is 0 Å². The van der Waals surface area contributed by atoms with Crippen LogP contribution in [0.3, 0.4) is 0 Å². The highest BCUT2D eigenvalue weighted by Crippen LogP contribution is 2.12. The maximum atomic E-state index is 3.90. The van der Waals surface area contributed by atoms with Gasteiger partial charge >= 0.3 is 0 Å². The Kier molecular flexibility index (Phi) is 9.95. The second-order valence-corrected chi connectivity index (χ2v) is 4.80. The summed E-state index contributed by atoms with van der Waals surface area (Å²) in [5.74, 6) is 0. The first-order valence-electron chi connectivity index (χ1n) is 5.24. The highest BCUT2D eigenvalue weighted by atomic mass is 79.9. The van der Waals surface area contributed by atoms with Gasteiger partial charge in [-0.25, -0.2) is 0 Å². The van der Waals surface area contributed by atoms with Gasteiger partial charge < -0.3 is 0 Å². The van der Waals surface area contributed by atoms with Gasteiger partial charge in [0.25, 0.3) is 0 Å². The third-order valence-corrected chi connectivity index (χ3v) is 2.58. The van der Waals surface area contributed by atoms with E-state index < -0.39 is 0 Å². The van der Waals surface area contributed by atoms with E-state index in [9.17, 15) is 0 Å². The first-order valence-corrected chi connectivity index (χ1v) is 6.16. The SMILES string of the molecule is [CH2]C(Br)CCCCCCCCC. The Labute approximate surface area is 86.3 Å². The minimum absolute atomic E-state index is 0.466. The van der Waals surface area contributed by atoms with Crippen LogP contribution in [0.25, 0.3) is 0 Å². The molecule has 12 heavy (non-hydrogen) atoms. The van der Waals surface area contributed by atoms with E-state index >= 15 is 0 Å². The number of halogens is 1. The molecule has 0 aromatic carbocycles. The van der Waals surface area contributed by atoms with E-state index in [0.717, 1.165) is 0 Å². The summed E-state index contributed by atoms with van der Waals surface area (Å²) in [7, 11) is 0. The molecule has 0 saturated heterocycles. The van der Waals surface area contributed by atoms with Crippen LogP contribution in [0.2, 0.25) is 0 Å². The van der Waals surface area contributed by atoms with Gasteiger partial charge in [0, 0.05) is 4.83 Å². The summed E-state index contributed by atoms with van der Waals surface area (Å²) in [6.45, 7) is 6.16. The second kappa shape index (κ2) is 9.57. The van der Waals surface area contributed by atoms with Crippen molar-refractivity contribution in [3.05, 3.63) is 6.92 Å². The zero-order valence-electron chi connectivity index (χ0n) is 8.32. The summed E-state index contributed by atoms with van der Waals surface area (Å²) in [5.41, 5.74) is 0. The molecule has 0 heterocycles. The first kappa shape index (κ1) is 12.5. The van der Waals surface area contributed by atoms with E-state index in [2.05, 4.69) is 29.8 Å². The van der Waals surface area contributed by atoms with Gasteiger partial charge in [0.05, 0.1) is 0 Å². The van der Waals surface area contributed by atoms with E-state index in [4.69, 9.17) is 0 Å². The zero-order valence-corrected chi connectivity index (χ0v) is 9.91. The van der Waals surface area contributed by atoms with Crippen LogP contribution in [0.15, 0.2) is 0 Å². The van der Waals surface area contributed by atoms with Crippen molar-refractivity contribution in [3.63, 3.8) is 0 Å². The number of hydrogen-bond donors (Lipinski definition) is 0. The second-order valence-electron chi connectivity index (χ2n) is 3.51. The lowest BCUT2D eigenvalue weighted by Crippen LogP contribution is -1.89. The van der Waals surface area contributed by atoms with Crippen LogP contribution in [-0.4, -0.2) is 4.83 Å². The van der Waals surface area contributed by atoms with E-state index in [1.165, 1.54) is 51.4 Å². The van der Waals surface area contributed by atoms with Crippen LogP contribution in [0.4, 0.5) is 0 Å². The summed E-state index contributed by atoms with van der Waals surface area (Å²) in [6.07, 6.45) is 11.0. The van der Waals surface area contributed by atoms with Crippen LogP contribution in [0.1, 0.15) is 58.3 Å². The van der Waals surface area contributed by atoms with Crippen molar-refractivity contribution >= 4 is 15.9 Å². The van der Waals surface area contributed by atoms with Gasteiger partial charge in [-0.2, -0.15) is 0 Å². The van der Waals surface area contributed by atoms with Crippen LogP contribution in [0, 0.1) is 6.92 Å².